The average Bonchev–Trinajstić information content (AvgIpc) is 1.73. The van der Waals surface area contributed by atoms with Crippen LogP contribution in [0.4, 0.5) is 48.5 Å². The molecule has 6 atom stereocenters. The molecule has 10 aliphatic rings. The third-order valence-electron chi connectivity index (χ3n) is 29.6. The molecule has 15 heterocycles. The van der Waals surface area contributed by atoms with E-state index in [1.54, 1.807) is 73.9 Å². The van der Waals surface area contributed by atoms with Crippen LogP contribution in [0.5, 0.6) is 5.75 Å². The van der Waals surface area contributed by atoms with Crippen LogP contribution in [0.15, 0.2) is 137 Å². The van der Waals surface area contributed by atoms with Crippen molar-refractivity contribution in [3.8, 4) is 56.6 Å². The fraction of sp³-hybridized carbons (Fsp3) is 0.444. The van der Waals surface area contributed by atoms with E-state index in [0.29, 0.717) is 125 Å². The second kappa shape index (κ2) is 41.9. The first-order valence-electron chi connectivity index (χ1n) is 51.4. The zero-order valence-electron chi connectivity index (χ0n) is 84.6. The number of piperazine rings is 6. The van der Waals surface area contributed by atoms with Gasteiger partial charge in [0, 0.05) is 189 Å². The number of phenols is 1. The second-order valence-corrected chi connectivity index (χ2v) is 42.2. The minimum absolute atomic E-state index is 0.00202. The molecule has 40 heteroatoms. The number of amides is 3. The largest absolute Gasteiger partial charge is 0.507 e. The Bertz CT molecular complexity index is 7100. The first-order chi connectivity index (χ1) is 71.3. The molecule has 3 amide bonds. The van der Waals surface area contributed by atoms with Crippen LogP contribution >= 0.6 is 34.8 Å². The number of anilines is 6. The van der Waals surface area contributed by atoms with Crippen molar-refractivity contribution in [3.63, 3.8) is 0 Å². The van der Waals surface area contributed by atoms with Gasteiger partial charge in [0.2, 0.25) is 35.6 Å². The number of carbonyl (C=O) groups is 3. The minimum atomic E-state index is -0.701. The maximum atomic E-state index is 15.4. The van der Waals surface area contributed by atoms with E-state index >= 15 is 13.2 Å². The lowest BCUT2D eigenvalue weighted by Gasteiger charge is -2.44. The van der Waals surface area contributed by atoms with Gasteiger partial charge in [0.15, 0.2) is 16.9 Å². The summed E-state index contributed by atoms with van der Waals surface area (Å²) in [5.74, 6) is 1.23. The number of nitrogens with one attached hydrogen (secondary N) is 3. The van der Waals surface area contributed by atoms with Crippen LogP contribution in [0.3, 0.4) is 0 Å². The van der Waals surface area contributed by atoms with E-state index in [1.807, 2.05) is 83.9 Å². The maximum Gasteiger partial charge on any atom is 0.355 e. The van der Waals surface area contributed by atoms with Crippen LogP contribution in [0.1, 0.15) is 190 Å². The lowest BCUT2D eigenvalue weighted by molar-refractivity contribution is -0.129. The average molecular weight is 2070 g/mol. The standard InChI is InChI=1S/C36H39ClFN9O3.C36H39ClFN9O2.C36H43ClFN9O2/c1-4-27(49)45-17-20(3)46(18-19(45)2)33-23-16-24(37)31(28-25(38)6-5-7-26(28)48)40-34(23)47(36(50)43-33)32-29(21-8-9-21)41-35(42-30(32)22-10-11-22)44-14-12-39-13-15-44;1-4-28(48)45-18-21(3)46(19-20(45)2)33-25-17-26(37)31(24-7-5-6-8-27(24)38)40-34(25)47(36(49)43-33)32-29(22-9-10-22)41-35(42-30(32)23-11-12-23)44-15-13-39-14-16-44;1-8-28(48)45-18-23(7)46(19-22(45)6)33-25-17-26(37)31(24-11-9-10-12-27(24)38)40-34(25)47(36(49)43-33)32-29(20(2)3)41-35(42-30(32)21(4)5)44-15-13-39-14-16-44/h4-7,16,19-22,39,48H,1,8-15,17-18H2,2-3H3;4-8,17,20-23,39H,1,9-16,18-19H2,2-3H3;8-12,17,20-23,39H,1,13-16,18-19H2,2-7H3/t19-,20+;20-,21+;22-,23+/m111/s1. The molecule has 148 heavy (non-hydrogen) atoms. The molecule has 34 nitrogen and oxygen atoms in total. The molecule has 4 N–H and O–H groups in total. The zero-order valence-corrected chi connectivity index (χ0v) is 86.9. The molecule has 4 aliphatic carbocycles. The van der Waals surface area contributed by atoms with Crippen molar-refractivity contribution in [2.45, 2.75) is 192 Å². The van der Waals surface area contributed by atoms with Crippen molar-refractivity contribution in [1.82, 2.24) is 104 Å². The highest BCUT2D eigenvalue weighted by atomic mass is 35.5. The highest BCUT2D eigenvalue weighted by Gasteiger charge is 2.45. The smallest absolute Gasteiger partial charge is 0.355 e. The van der Waals surface area contributed by atoms with Gasteiger partial charge < -0.3 is 65.2 Å². The second-order valence-electron chi connectivity index (χ2n) is 41.0. The Kier molecular flexibility index (Phi) is 28.8. The third-order valence-corrected chi connectivity index (χ3v) is 30.5. The molecule has 6 aliphatic heterocycles. The van der Waals surface area contributed by atoms with E-state index in [9.17, 15) is 33.9 Å². The van der Waals surface area contributed by atoms with Crippen LogP contribution in [0.2, 0.25) is 15.1 Å². The molecular formula is C108H121Cl3F3N27O7. The number of nitrogens with zero attached hydrogens (tertiary/aromatic N) is 24. The van der Waals surface area contributed by atoms with Gasteiger partial charge in [0.1, 0.15) is 40.7 Å². The number of rotatable bonds is 21. The molecule has 9 aromatic heterocycles. The Balaban J connectivity index is 0.000000135. The monoisotopic (exact) mass is 2070 g/mol. The van der Waals surface area contributed by atoms with Gasteiger partial charge in [-0.2, -0.15) is 15.0 Å². The van der Waals surface area contributed by atoms with Crippen molar-refractivity contribution in [1.29, 1.82) is 0 Å². The van der Waals surface area contributed by atoms with Crippen molar-refractivity contribution in [3.05, 3.63) is 221 Å². The number of benzene rings is 3. The number of hydrogen-bond acceptors (Lipinski definition) is 28. The molecule has 22 rings (SSSR count). The fourth-order valence-corrected chi connectivity index (χ4v) is 22.0. The van der Waals surface area contributed by atoms with E-state index in [1.165, 1.54) is 57.7 Å². The lowest BCUT2D eigenvalue weighted by atomic mass is 10.0. The van der Waals surface area contributed by atoms with Crippen molar-refractivity contribution >= 4 is 121 Å². The number of phenolic OH excluding ortho intramolecular Hbond substituents is 1. The molecule has 0 radical (unpaired) electrons. The molecule has 0 bridgehead atoms. The Hall–Kier alpha value is -13.5. The van der Waals surface area contributed by atoms with E-state index in [2.05, 4.69) is 50.4 Å². The first-order valence-corrected chi connectivity index (χ1v) is 52.5. The van der Waals surface area contributed by atoms with Crippen molar-refractivity contribution in [2.24, 2.45) is 0 Å². The molecule has 12 aromatic rings. The minimum Gasteiger partial charge on any atom is -0.507 e. The first kappa shape index (κ1) is 102. The Morgan fingerprint density at radius 2 is 0.669 bits per heavy atom. The predicted octanol–water partition coefficient (Wildman–Crippen LogP) is 14.6. The molecule has 0 unspecified atom stereocenters. The summed E-state index contributed by atoms with van der Waals surface area (Å²) in [4.78, 5) is 159. The number of aromatic nitrogens is 15. The normalized spacial score (nSPS) is 20.4. The van der Waals surface area contributed by atoms with Crippen molar-refractivity contribution in [2.75, 3.05) is 147 Å². The molecule has 772 valence electrons. The SMILES string of the molecule is C=CC(=O)N1C[C@H](C)N(c2nc(=O)n(-c3c(C(C)C)nc(N4CCNCC4)nc3C(C)C)c3nc(-c4ccccc4F)c(Cl)cc23)C[C@H]1C.C=CC(=O)N1C[C@H](C)N(c2nc(=O)n(-c3c(C4CC4)nc(N4CCNCC4)nc3C3CC3)c3nc(-c4c(O)cccc4F)c(Cl)cc23)C[C@H]1C.C=CC(=O)N1C[C@H](C)N(c2nc(=O)n(-c3c(C4CC4)nc(N4CCNCC4)nc3C3CC3)c3nc(-c4ccccc4F)c(Cl)cc23)C[C@H]1C. The van der Waals surface area contributed by atoms with Gasteiger partial charge in [-0.25, -0.2) is 86.1 Å². The predicted molar refractivity (Wildman–Crippen MR) is 571 cm³/mol. The summed E-state index contributed by atoms with van der Waals surface area (Å²) in [6.45, 7) is 43.1. The van der Waals surface area contributed by atoms with Gasteiger partial charge in [0.05, 0.1) is 105 Å². The highest BCUT2D eigenvalue weighted by Crippen LogP contribution is 2.53. The van der Waals surface area contributed by atoms with Gasteiger partial charge in [-0.05, 0) is 178 Å². The van der Waals surface area contributed by atoms with Crippen molar-refractivity contribution < 1.29 is 32.7 Å². The van der Waals surface area contributed by atoms with E-state index in [-0.39, 0.29) is 155 Å². The van der Waals surface area contributed by atoms with Crippen LogP contribution < -0.4 is 62.4 Å². The summed E-state index contributed by atoms with van der Waals surface area (Å²) in [6.07, 6.45) is 11.6. The van der Waals surface area contributed by atoms with Crippen LogP contribution in [-0.2, 0) is 14.4 Å². The van der Waals surface area contributed by atoms with Crippen LogP contribution in [0.25, 0.3) is 83.9 Å². The summed E-state index contributed by atoms with van der Waals surface area (Å²) in [5.41, 5.74) is 6.28. The quantitative estimate of drug-likeness (QED) is 0.0485. The number of pyridine rings is 3. The Morgan fingerprint density at radius 1 is 0.378 bits per heavy atom. The number of aromatic hydroxyl groups is 1. The van der Waals surface area contributed by atoms with E-state index < -0.39 is 34.5 Å². The highest BCUT2D eigenvalue weighted by molar-refractivity contribution is 6.35. The summed E-state index contributed by atoms with van der Waals surface area (Å²) in [7, 11) is 0. The zero-order chi connectivity index (χ0) is 104. The van der Waals surface area contributed by atoms with E-state index in [4.69, 9.17) is 94.6 Å². The number of fused-ring (bicyclic) bond motifs is 3. The van der Waals surface area contributed by atoms with Gasteiger partial charge in [-0.15, -0.1) is 0 Å². The van der Waals surface area contributed by atoms with Gasteiger partial charge in [-0.1, -0.05) is 113 Å². The Morgan fingerprint density at radius 3 is 0.966 bits per heavy atom. The molecule has 3 aromatic carbocycles. The fourth-order valence-electron chi connectivity index (χ4n) is 21.2. The topological polar surface area (TPSA) is 357 Å². The summed E-state index contributed by atoms with van der Waals surface area (Å²) in [6, 6.07) is 20.6. The van der Waals surface area contributed by atoms with Crippen LogP contribution in [-0.4, -0.2) is 265 Å². The summed E-state index contributed by atoms with van der Waals surface area (Å²) >= 11 is 20.7. The lowest BCUT2D eigenvalue weighted by Crippen LogP contribution is -2.58. The maximum absolute atomic E-state index is 15.4. The van der Waals surface area contributed by atoms with E-state index in [0.717, 1.165) is 153 Å². The molecule has 10 fully saturated rings. The Labute approximate surface area is 869 Å². The molecule has 4 saturated carbocycles. The summed E-state index contributed by atoms with van der Waals surface area (Å²) < 4.78 is 50.4. The van der Waals surface area contributed by atoms with Gasteiger partial charge in [0.25, 0.3) is 0 Å². The molecular weight excluding hydrogens is 1950 g/mol. The van der Waals surface area contributed by atoms with Crippen LogP contribution in [0, 0.1) is 17.5 Å². The number of halogens is 6. The van der Waals surface area contributed by atoms with Gasteiger partial charge >= 0.3 is 17.1 Å². The number of hydrogen-bond donors (Lipinski definition) is 4. The molecule has 6 saturated heterocycles. The number of carbonyl (C=O) groups excluding carboxylic acids is 3. The molecule has 0 spiro atoms. The van der Waals surface area contributed by atoms with Gasteiger partial charge in [-0.3, -0.25) is 14.4 Å². The third kappa shape index (κ3) is 19.8. The summed E-state index contributed by atoms with van der Waals surface area (Å²) in [5, 5.41) is 23.1.